The van der Waals surface area contributed by atoms with Crippen LogP contribution < -0.4 is 5.32 Å². The summed E-state index contributed by atoms with van der Waals surface area (Å²) in [6.07, 6.45) is 0.742. The normalized spacial score (nSPS) is 23.2. The fourth-order valence-electron chi connectivity index (χ4n) is 5.33. The number of hydrogen-bond acceptors (Lipinski definition) is 4. The van der Waals surface area contributed by atoms with Crippen LogP contribution in [0.15, 0.2) is 72.8 Å². The number of nitrogens with one attached hydrogen (secondary N) is 1. The lowest BCUT2D eigenvalue weighted by molar-refractivity contribution is -0.120. The Bertz CT molecular complexity index is 1300. The summed E-state index contributed by atoms with van der Waals surface area (Å²) in [5, 5.41) is 2.97. The molecule has 0 saturated carbocycles. The number of ether oxygens (including phenoxy) is 1. The predicted molar refractivity (Wildman–Crippen MR) is 122 cm³/mol. The number of carbonyl (C=O) groups is 3. The van der Waals surface area contributed by atoms with Crippen LogP contribution >= 0.6 is 0 Å². The van der Waals surface area contributed by atoms with E-state index in [9.17, 15) is 14.4 Å². The summed E-state index contributed by atoms with van der Waals surface area (Å²) in [4.78, 5) is 40.6. The summed E-state index contributed by atoms with van der Waals surface area (Å²) in [5.74, 6) is -0.539. The molecule has 1 saturated heterocycles. The van der Waals surface area contributed by atoms with Gasteiger partial charge >= 0.3 is 5.97 Å². The van der Waals surface area contributed by atoms with Crippen molar-refractivity contribution >= 4 is 23.5 Å². The van der Waals surface area contributed by atoms with E-state index in [0.29, 0.717) is 37.1 Å². The van der Waals surface area contributed by atoms with Crippen LogP contribution in [0.3, 0.4) is 0 Å². The smallest absolute Gasteiger partial charge is 0.339 e. The topological polar surface area (TPSA) is 75.7 Å². The van der Waals surface area contributed by atoms with Crippen LogP contribution in [-0.4, -0.2) is 35.8 Å². The van der Waals surface area contributed by atoms with E-state index in [0.717, 1.165) is 22.4 Å². The molecule has 3 aliphatic heterocycles. The number of cyclic esters (lactones) is 1. The number of esters is 1. The van der Waals surface area contributed by atoms with Gasteiger partial charge in [0, 0.05) is 30.8 Å². The Morgan fingerprint density at radius 3 is 2.64 bits per heavy atom. The molecule has 3 aliphatic rings. The Morgan fingerprint density at radius 2 is 1.79 bits per heavy atom. The first kappa shape index (κ1) is 19.7. The van der Waals surface area contributed by atoms with E-state index in [1.807, 2.05) is 60.7 Å². The van der Waals surface area contributed by atoms with Gasteiger partial charge in [0.15, 0.2) is 0 Å². The summed E-state index contributed by atoms with van der Waals surface area (Å²) in [5.41, 5.74) is 3.87. The highest BCUT2D eigenvalue weighted by atomic mass is 16.5. The molecule has 1 fully saturated rings. The van der Waals surface area contributed by atoms with E-state index in [1.165, 1.54) is 0 Å². The maximum Gasteiger partial charge on any atom is 0.339 e. The molecule has 0 bridgehead atoms. The molecule has 164 valence electrons. The van der Waals surface area contributed by atoms with Gasteiger partial charge in [-0.1, -0.05) is 48.5 Å². The monoisotopic (exact) mass is 438 g/mol. The lowest BCUT2D eigenvalue weighted by Crippen LogP contribution is -2.39. The van der Waals surface area contributed by atoms with Crippen molar-refractivity contribution < 1.29 is 19.1 Å². The minimum Gasteiger partial charge on any atom is -0.454 e. The van der Waals surface area contributed by atoms with E-state index in [1.54, 1.807) is 17.0 Å². The zero-order chi connectivity index (χ0) is 22.6. The molecule has 6 nitrogen and oxygen atoms in total. The van der Waals surface area contributed by atoms with Crippen molar-refractivity contribution in [2.75, 3.05) is 18.4 Å². The lowest BCUT2D eigenvalue weighted by Gasteiger charge is -2.26. The third kappa shape index (κ3) is 3.05. The van der Waals surface area contributed by atoms with Gasteiger partial charge in [-0.2, -0.15) is 0 Å². The van der Waals surface area contributed by atoms with Gasteiger partial charge in [0.05, 0.1) is 11.0 Å². The van der Waals surface area contributed by atoms with Crippen molar-refractivity contribution in [1.82, 2.24) is 4.90 Å². The zero-order valence-corrected chi connectivity index (χ0v) is 17.9. The van der Waals surface area contributed by atoms with E-state index >= 15 is 0 Å². The van der Waals surface area contributed by atoms with Gasteiger partial charge in [-0.3, -0.25) is 9.59 Å². The molecular formula is C27H22N2O4. The highest BCUT2D eigenvalue weighted by molar-refractivity contribution is 6.07. The Morgan fingerprint density at radius 1 is 1.00 bits per heavy atom. The van der Waals surface area contributed by atoms with Crippen LogP contribution in [0.1, 0.15) is 49.9 Å². The van der Waals surface area contributed by atoms with Crippen LogP contribution in [0.25, 0.3) is 0 Å². The minimum absolute atomic E-state index is 0.0436. The Hall–Kier alpha value is -3.93. The second-order valence-electron chi connectivity index (χ2n) is 8.94. The number of benzene rings is 3. The van der Waals surface area contributed by atoms with Gasteiger partial charge in [-0.25, -0.2) is 4.79 Å². The van der Waals surface area contributed by atoms with Gasteiger partial charge in [-0.05, 0) is 47.4 Å². The first-order valence-electron chi connectivity index (χ1n) is 11.1. The molecule has 3 aromatic rings. The van der Waals surface area contributed by atoms with E-state index in [4.69, 9.17) is 4.74 Å². The molecule has 3 aromatic carbocycles. The van der Waals surface area contributed by atoms with E-state index in [2.05, 4.69) is 5.32 Å². The molecule has 1 N–H and O–H groups in total. The maximum atomic E-state index is 13.4. The average molecular weight is 438 g/mol. The highest BCUT2D eigenvalue weighted by Gasteiger charge is 2.52. The standard InChI is InChI=1S/C27H22N2O4/c30-24(29-13-12-27(16-29)21-8-4-5-9-22(21)28-26(27)32)18-10-11-20-19(14-18)15-23(33-25(20)31)17-6-2-1-3-7-17/h1-11,14,23H,12-13,15-16H2,(H,28,32). The Kier molecular flexibility index (Phi) is 4.37. The summed E-state index contributed by atoms with van der Waals surface area (Å²) >= 11 is 0. The predicted octanol–water partition coefficient (Wildman–Crippen LogP) is 3.88. The second-order valence-corrected chi connectivity index (χ2v) is 8.94. The number of amides is 2. The van der Waals surface area contributed by atoms with Gasteiger partial charge in [0.1, 0.15) is 6.10 Å². The molecule has 0 radical (unpaired) electrons. The number of nitrogens with zero attached hydrogens (tertiary/aromatic N) is 1. The molecule has 2 atom stereocenters. The molecule has 2 amide bonds. The van der Waals surface area contributed by atoms with Crippen LogP contribution in [0.4, 0.5) is 5.69 Å². The molecule has 0 aromatic heterocycles. The van der Waals surface area contributed by atoms with Crippen LogP contribution in [0.5, 0.6) is 0 Å². The van der Waals surface area contributed by atoms with Gasteiger partial charge in [-0.15, -0.1) is 0 Å². The second kappa shape index (κ2) is 7.30. The summed E-state index contributed by atoms with van der Waals surface area (Å²) < 4.78 is 5.63. The number of para-hydroxylation sites is 1. The van der Waals surface area contributed by atoms with Crippen LogP contribution in [0.2, 0.25) is 0 Å². The van der Waals surface area contributed by atoms with E-state index < -0.39 is 5.41 Å². The van der Waals surface area contributed by atoms with Crippen molar-refractivity contribution in [3.05, 3.63) is 101 Å². The number of anilines is 1. The van der Waals surface area contributed by atoms with E-state index in [-0.39, 0.29) is 23.9 Å². The third-order valence-electron chi connectivity index (χ3n) is 7.08. The number of carbonyl (C=O) groups excluding carboxylic acids is 3. The lowest BCUT2D eigenvalue weighted by atomic mass is 9.81. The summed E-state index contributed by atoms with van der Waals surface area (Å²) in [7, 11) is 0. The summed E-state index contributed by atoms with van der Waals surface area (Å²) in [6.45, 7) is 0.854. The SMILES string of the molecule is O=C1OC(c2ccccc2)Cc2cc(C(=O)N3CCC4(C3)C(=O)Nc3ccccc34)ccc21. The molecular weight excluding hydrogens is 416 g/mol. The van der Waals surface area contributed by atoms with Crippen molar-refractivity contribution in [3.63, 3.8) is 0 Å². The first-order chi connectivity index (χ1) is 16.0. The van der Waals surface area contributed by atoms with Gasteiger partial charge in [0.2, 0.25) is 5.91 Å². The number of hydrogen-bond donors (Lipinski definition) is 1. The van der Waals surface area contributed by atoms with Gasteiger partial charge < -0.3 is 15.0 Å². The fourth-order valence-corrected chi connectivity index (χ4v) is 5.33. The van der Waals surface area contributed by atoms with Crippen molar-refractivity contribution in [2.24, 2.45) is 0 Å². The van der Waals surface area contributed by atoms with Gasteiger partial charge in [0.25, 0.3) is 5.91 Å². The van der Waals surface area contributed by atoms with Crippen molar-refractivity contribution in [2.45, 2.75) is 24.4 Å². The maximum absolute atomic E-state index is 13.4. The summed E-state index contributed by atoms with van der Waals surface area (Å²) in [6, 6.07) is 22.5. The number of fused-ring (bicyclic) bond motifs is 3. The largest absolute Gasteiger partial charge is 0.454 e. The average Bonchev–Trinajstić information content (AvgIpc) is 3.41. The molecule has 33 heavy (non-hydrogen) atoms. The highest BCUT2D eigenvalue weighted by Crippen LogP contribution is 2.44. The quantitative estimate of drug-likeness (QED) is 0.617. The zero-order valence-electron chi connectivity index (χ0n) is 17.9. The molecule has 3 heterocycles. The molecule has 6 rings (SSSR count). The Labute approximate surface area is 191 Å². The van der Waals surface area contributed by atoms with Crippen molar-refractivity contribution in [3.8, 4) is 0 Å². The first-order valence-corrected chi connectivity index (χ1v) is 11.1. The third-order valence-corrected chi connectivity index (χ3v) is 7.08. The van der Waals surface area contributed by atoms with Crippen LogP contribution in [0, 0.1) is 0 Å². The molecule has 6 heteroatoms. The number of rotatable bonds is 2. The van der Waals surface area contributed by atoms with Crippen LogP contribution in [-0.2, 0) is 21.4 Å². The minimum atomic E-state index is -0.692. The molecule has 0 aliphatic carbocycles. The molecule has 1 spiro atoms. The fraction of sp³-hybridized carbons (Fsp3) is 0.222. The van der Waals surface area contributed by atoms with Crippen molar-refractivity contribution in [1.29, 1.82) is 0 Å². The molecule has 2 unspecified atom stereocenters. The Balaban J connectivity index is 1.27. The number of likely N-dealkylation sites (tertiary alicyclic amines) is 1.